The van der Waals surface area contributed by atoms with Crippen LogP contribution in [0.5, 0.6) is 11.5 Å². The van der Waals surface area contributed by atoms with Gasteiger partial charge in [-0.05, 0) is 58.0 Å². The van der Waals surface area contributed by atoms with Crippen molar-refractivity contribution in [3.63, 3.8) is 0 Å². The number of carbonyl (C=O) groups is 1. The lowest BCUT2D eigenvalue weighted by Gasteiger charge is -2.34. The highest BCUT2D eigenvalue weighted by atomic mass is 16.5. The van der Waals surface area contributed by atoms with Crippen molar-refractivity contribution >= 4 is 5.78 Å². The quantitative estimate of drug-likeness (QED) is 0.802. The maximum atomic E-state index is 12.9. The predicted molar refractivity (Wildman–Crippen MR) is 81.3 cm³/mol. The molecule has 1 aromatic carbocycles. The van der Waals surface area contributed by atoms with Crippen molar-refractivity contribution in [3.05, 3.63) is 23.8 Å². The molecule has 0 bridgehead atoms. The zero-order chi connectivity index (χ0) is 14.9. The molecule has 21 heavy (non-hydrogen) atoms. The van der Waals surface area contributed by atoms with Gasteiger partial charge in [-0.1, -0.05) is 0 Å². The van der Waals surface area contributed by atoms with E-state index >= 15 is 0 Å². The van der Waals surface area contributed by atoms with Crippen LogP contribution in [0, 0.1) is 0 Å². The molecular formula is C17H23NO3. The average molecular weight is 289 g/mol. The number of Topliss-reactive ketones (excluding diaryl/α,β-unsaturated/α-hetero) is 1. The van der Waals surface area contributed by atoms with Crippen molar-refractivity contribution < 1.29 is 14.3 Å². The van der Waals surface area contributed by atoms with E-state index in [4.69, 9.17) is 9.47 Å². The molecule has 2 heterocycles. The van der Waals surface area contributed by atoms with Gasteiger partial charge in [0.25, 0.3) is 0 Å². The number of ketones is 1. The fraction of sp³-hybridized carbons (Fsp3) is 0.588. The van der Waals surface area contributed by atoms with Gasteiger partial charge >= 0.3 is 0 Å². The molecule has 1 aromatic rings. The van der Waals surface area contributed by atoms with Gasteiger partial charge in [-0.15, -0.1) is 0 Å². The SMILES string of the molecule is CC(C)(C(=O)c1ccc2c(c1)OCCCO2)N1CCCC1. The lowest BCUT2D eigenvalue weighted by molar-refractivity contribution is 0.0702. The zero-order valence-electron chi connectivity index (χ0n) is 12.9. The molecule has 4 nitrogen and oxygen atoms in total. The Morgan fingerprint density at radius 3 is 2.43 bits per heavy atom. The van der Waals surface area contributed by atoms with Gasteiger partial charge in [-0.2, -0.15) is 0 Å². The molecule has 0 spiro atoms. The first kappa shape index (κ1) is 14.4. The number of likely N-dealkylation sites (tertiary alicyclic amines) is 1. The highest BCUT2D eigenvalue weighted by Crippen LogP contribution is 2.33. The second kappa shape index (κ2) is 5.68. The van der Waals surface area contributed by atoms with Crippen LogP contribution in [0.25, 0.3) is 0 Å². The van der Waals surface area contributed by atoms with E-state index in [2.05, 4.69) is 4.90 Å². The minimum Gasteiger partial charge on any atom is -0.490 e. The summed E-state index contributed by atoms with van der Waals surface area (Å²) < 4.78 is 11.3. The van der Waals surface area contributed by atoms with E-state index in [0.717, 1.165) is 25.3 Å². The van der Waals surface area contributed by atoms with E-state index in [1.807, 2.05) is 32.0 Å². The van der Waals surface area contributed by atoms with Gasteiger partial charge in [0.05, 0.1) is 18.8 Å². The number of fused-ring (bicyclic) bond motifs is 1. The molecule has 0 aromatic heterocycles. The highest BCUT2D eigenvalue weighted by molar-refractivity contribution is 6.03. The Morgan fingerprint density at radius 2 is 1.71 bits per heavy atom. The van der Waals surface area contributed by atoms with Gasteiger partial charge in [0.15, 0.2) is 17.3 Å². The number of carbonyl (C=O) groups excluding carboxylic acids is 1. The van der Waals surface area contributed by atoms with Crippen molar-refractivity contribution in [2.24, 2.45) is 0 Å². The van der Waals surface area contributed by atoms with Crippen LogP contribution < -0.4 is 9.47 Å². The Kier molecular flexibility index (Phi) is 3.89. The van der Waals surface area contributed by atoms with Crippen LogP contribution in [0.1, 0.15) is 43.5 Å². The average Bonchev–Trinajstić information content (AvgIpc) is 2.93. The van der Waals surface area contributed by atoms with Crippen LogP contribution in [0.15, 0.2) is 18.2 Å². The number of hydrogen-bond acceptors (Lipinski definition) is 4. The number of benzene rings is 1. The molecule has 1 fully saturated rings. The summed E-state index contributed by atoms with van der Waals surface area (Å²) in [6.07, 6.45) is 3.23. The second-order valence-electron chi connectivity index (χ2n) is 6.29. The van der Waals surface area contributed by atoms with Crippen LogP contribution in [0.2, 0.25) is 0 Å². The van der Waals surface area contributed by atoms with E-state index < -0.39 is 5.54 Å². The highest BCUT2D eigenvalue weighted by Gasteiger charge is 2.36. The minimum atomic E-state index is -0.462. The first-order valence-corrected chi connectivity index (χ1v) is 7.78. The molecule has 0 aliphatic carbocycles. The standard InChI is InChI=1S/C17H23NO3/c1-17(2,18-8-3-4-9-18)16(19)13-6-7-14-15(12-13)21-11-5-10-20-14/h6-7,12H,3-5,8-11H2,1-2H3. The number of ether oxygens (including phenoxy) is 2. The van der Waals surface area contributed by atoms with E-state index in [9.17, 15) is 4.79 Å². The Hall–Kier alpha value is -1.55. The smallest absolute Gasteiger partial charge is 0.182 e. The summed E-state index contributed by atoms with van der Waals surface area (Å²) in [5.74, 6) is 1.58. The minimum absolute atomic E-state index is 0.153. The molecule has 0 saturated carbocycles. The zero-order valence-corrected chi connectivity index (χ0v) is 12.9. The van der Waals surface area contributed by atoms with Crippen molar-refractivity contribution in [2.75, 3.05) is 26.3 Å². The summed E-state index contributed by atoms with van der Waals surface area (Å²) in [7, 11) is 0. The lowest BCUT2D eigenvalue weighted by atomic mass is 9.91. The summed E-state index contributed by atoms with van der Waals surface area (Å²) in [5, 5.41) is 0. The maximum Gasteiger partial charge on any atom is 0.182 e. The number of rotatable bonds is 3. The fourth-order valence-electron chi connectivity index (χ4n) is 3.08. The van der Waals surface area contributed by atoms with Crippen LogP contribution >= 0.6 is 0 Å². The molecule has 4 heteroatoms. The van der Waals surface area contributed by atoms with Crippen molar-refractivity contribution in [3.8, 4) is 11.5 Å². The topological polar surface area (TPSA) is 38.8 Å². The summed E-state index contributed by atoms with van der Waals surface area (Å²) in [6, 6.07) is 5.54. The normalized spacial score (nSPS) is 19.3. The van der Waals surface area contributed by atoms with Gasteiger partial charge < -0.3 is 9.47 Å². The molecule has 0 unspecified atom stereocenters. The van der Waals surface area contributed by atoms with Crippen LogP contribution in [-0.4, -0.2) is 42.5 Å². The first-order valence-electron chi connectivity index (χ1n) is 7.78. The second-order valence-corrected chi connectivity index (χ2v) is 6.29. The molecule has 1 saturated heterocycles. The van der Waals surface area contributed by atoms with Crippen LogP contribution in [0.3, 0.4) is 0 Å². The third kappa shape index (κ3) is 2.77. The number of hydrogen-bond donors (Lipinski definition) is 0. The molecule has 0 N–H and O–H groups in total. The molecule has 3 rings (SSSR count). The largest absolute Gasteiger partial charge is 0.490 e. The molecule has 0 radical (unpaired) electrons. The summed E-state index contributed by atoms with van der Waals surface area (Å²) >= 11 is 0. The Labute approximate surface area is 126 Å². The molecule has 114 valence electrons. The Balaban J connectivity index is 1.85. The fourth-order valence-corrected chi connectivity index (χ4v) is 3.08. The summed E-state index contributed by atoms with van der Waals surface area (Å²) in [6.45, 7) is 7.35. The maximum absolute atomic E-state index is 12.9. The molecule has 2 aliphatic rings. The van der Waals surface area contributed by atoms with E-state index in [1.165, 1.54) is 12.8 Å². The van der Waals surface area contributed by atoms with Gasteiger partial charge in [-0.25, -0.2) is 0 Å². The summed E-state index contributed by atoms with van der Waals surface area (Å²) in [4.78, 5) is 15.2. The molecule has 0 amide bonds. The van der Waals surface area contributed by atoms with Crippen molar-refractivity contribution in [1.29, 1.82) is 0 Å². The molecule has 2 aliphatic heterocycles. The van der Waals surface area contributed by atoms with Crippen molar-refractivity contribution in [2.45, 2.75) is 38.6 Å². The number of nitrogens with zero attached hydrogens (tertiary/aromatic N) is 1. The van der Waals surface area contributed by atoms with Crippen LogP contribution in [-0.2, 0) is 0 Å². The van der Waals surface area contributed by atoms with Crippen molar-refractivity contribution in [1.82, 2.24) is 4.90 Å². The lowest BCUT2D eigenvalue weighted by Crippen LogP contribution is -2.48. The third-order valence-corrected chi connectivity index (χ3v) is 4.46. The Morgan fingerprint density at radius 1 is 1.05 bits per heavy atom. The first-order chi connectivity index (χ1) is 10.1. The third-order valence-electron chi connectivity index (χ3n) is 4.46. The van der Waals surface area contributed by atoms with Gasteiger partial charge in [0.1, 0.15) is 0 Å². The van der Waals surface area contributed by atoms with E-state index in [0.29, 0.717) is 24.5 Å². The van der Waals surface area contributed by atoms with E-state index in [-0.39, 0.29) is 5.78 Å². The molecular weight excluding hydrogens is 266 g/mol. The van der Waals surface area contributed by atoms with Gasteiger partial charge in [-0.3, -0.25) is 9.69 Å². The monoisotopic (exact) mass is 289 g/mol. The van der Waals surface area contributed by atoms with Gasteiger partial charge in [0.2, 0.25) is 0 Å². The van der Waals surface area contributed by atoms with Gasteiger partial charge in [0, 0.05) is 12.0 Å². The van der Waals surface area contributed by atoms with E-state index in [1.54, 1.807) is 0 Å². The summed E-state index contributed by atoms with van der Waals surface area (Å²) in [5.41, 5.74) is 0.243. The predicted octanol–water partition coefficient (Wildman–Crippen LogP) is 2.91. The Bertz CT molecular complexity index is 533. The van der Waals surface area contributed by atoms with Crippen LogP contribution in [0.4, 0.5) is 0 Å². The molecule has 0 atom stereocenters.